The van der Waals surface area contributed by atoms with Gasteiger partial charge in [0.1, 0.15) is 5.01 Å². The van der Waals surface area contributed by atoms with E-state index in [-0.39, 0.29) is 6.10 Å². The van der Waals surface area contributed by atoms with E-state index in [1.165, 1.54) is 5.01 Å². The smallest absolute Gasteiger partial charge is 0.109 e. The van der Waals surface area contributed by atoms with Crippen molar-refractivity contribution in [3.63, 3.8) is 0 Å². The molecule has 1 heterocycles. The standard InChI is InChI=1S/C12H20N2OS/c1-2-11(12-13-7-8-16-12)14-9-3-5-10(15)6-4-9/h7-11,14-15H,2-6H2,1H3. The molecular formula is C12H20N2OS. The van der Waals surface area contributed by atoms with Crippen LogP contribution >= 0.6 is 11.3 Å². The number of hydrogen-bond acceptors (Lipinski definition) is 4. The summed E-state index contributed by atoms with van der Waals surface area (Å²) in [5.74, 6) is 0. The molecule has 0 bridgehead atoms. The molecule has 1 atom stereocenters. The van der Waals surface area contributed by atoms with E-state index in [1.54, 1.807) is 11.3 Å². The van der Waals surface area contributed by atoms with E-state index in [2.05, 4.69) is 17.2 Å². The third kappa shape index (κ3) is 3.03. The summed E-state index contributed by atoms with van der Waals surface area (Å²) in [6, 6.07) is 0.942. The van der Waals surface area contributed by atoms with Crippen molar-refractivity contribution in [2.75, 3.05) is 0 Å². The van der Waals surface area contributed by atoms with Gasteiger partial charge in [-0.05, 0) is 32.1 Å². The minimum atomic E-state index is -0.0713. The predicted molar refractivity (Wildman–Crippen MR) is 66.5 cm³/mol. The molecule has 0 saturated heterocycles. The van der Waals surface area contributed by atoms with Gasteiger partial charge in [0.2, 0.25) is 0 Å². The maximum Gasteiger partial charge on any atom is 0.109 e. The first-order valence-electron chi connectivity index (χ1n) is 6.13. The summed E-state index contributed by atoms with van der Waals surface area (Å²) in [5, 5.41) is 16.4. The molecule has 4 heteroatoms. The Kier molecular flexibility index (Phi) is 4.32. The number of nitrogens with zero attached hydrogens (tertiary/aromatic N) is 1. The molecule has 1 aromatic rings. The fourth-order valence-electron chi connectivity index (χ4n) is 2.30. The largest absolute Gasteiger partial charge is 0.393 e. The van der Waals surface area contributed by atoms with Gasteiger partial charge in [0.15, 0.2) is 0 Å². The van der Waals surface area contributed by atoms with Crippen LogP contribution in [0.15, 0.2) is 11.6 Å². The minimum Gasteiger partial charge on any atom is -0.393 e. The average Bonchev–Trinajstić information content (AvgIpc) is 2.82. The highest BCUT2D eigenvalue weighted by molar-refractivity contribution is 7.09. The number of aromatic nitrogens is 1. The van der Waals surface area contributed by atoms with Gasteiger partial charge in [0.25, 0.3) is 0 Å². The van der Waals surface area contributed by atoms with E-state index in [4.69, 9.17) is 0 Å². The molecule has 1 unspecified atom stereocenters. The second kappa shape index (κ2) is 5.75. The Balaban J connectivity index is 1.87. The van der Waals surface area contributed by atoms with Crippen LogP contribution in [0.3, 0.4) is 0 Å². The number of nitrogens with one attached hydrogen (secondary N) is 1. The molecule has 0 amide bonds. The van der Waals surface area contributed by atoms with Crippen molar-refractivity contribution in [3.05, 3.63) is 16.6 Å². The van der Waals surface area contributed by atoms with Crippen LogP contribution in [0.5, 0.6) is 0 Å². The van der Waals surface area contributed by atoms with Gasteiger partial charge in [-0.3, -0.25) is 0 Å². The summed E-state index contributed by atoms with van der Waals surface area (Å²) in [5.41, 5.74) is 0. The third-order valence-electron chi connectivity index (χ3n) is 3.29. The van der Waals surface area contributed by atoms with Gasteiger partial charge >= 0.3 is 0 Å². The van der Waals surface area contributed by atoms with Crippen molar-refractivity contribution in [1.82, 2.24) is 10.3 Å². The van der Waals surface area contributed by atoms with Crippen molar-refractivity contribution in [1.29, 1.82) is 0 Å². The summed E-state index contributed by atoms with van der Waals surface area (Å²) >= 11 is 1.72. The fourth-order valence-corrected chi connectivity index (χ4v) is 3.08. The van der Waals surface area contributed by atoms with Crippen LogP contribution in [0.25, 0.3) is 0 Å². The Morgan fingerprint density at radius 3 is 2.81 bits per heavy atom. The van der Waals surface area contributed by atoms with Crippen molar-refractivity contribution in [2.45, 2.75) is 57.2 Å². The molecule has 1 fully saturated rings. The summed E-state index contributed by atoms with van der Waals surface area (Å²) in [4.78, 5) is 4.37. The van der Waals surface area contributed by atoms with Gasteiger partial charge < -0.3 is 10.4 Å². The quantitative estimate of drug-likeness (QED) is 0.850. The van der Waals surface area contributed by atoms with Gasteiger partial charge in [-0.15, -0.1) is 11.3 Å². The van der Waals surface area contributed by atoms with E-state index < -0.39 is 0 Å². The van der Waals surface area contributed by atoms with Gasteiger partial charge in [-0.1, -0.05) is 6.92 Å². The number of aliphatic hydroxyl groups excluding tert-OH is 1. The lowest BCUT2D eigenvalue weighted by Crippen LogP contribution is -2.36. The fraction of sp³-hybridized carbons (Fsp3) is 0.750. The van der Waals surface area contributed by atoms with E-state index in [9.17, 15) is 5.11 Å². The average molecular weight is 240 g/mol. The number of rotatable bonds is 4. The van der Waals surface area contributed by atoms with Crippen LogP contribution in [-0.2, 0) is 0 Å². The highest BCUT2D eigenvalue weighted by Gasteiger charge is 2.22. The topological polar surface area (TPSA) is 45.1 Å². The third-order valence-corrected chi connectivity index (χ3v) is 4.18. The highest BCUT2D eigenvalue weighted by Crippen LogP contribution is 2.24. The molecule has 16 heavy (non-hydrogen) atoms. The SMILES string of the molecule is CCC(NC1CCC(O)CC1)c1nccs1. The van der Waals surface area contributed by atoms with Gasteiger partial charge in [0.05, 0.1) is 12.1 Å². The molecule has 1 aliphatic rings. The van der Waals surface area contributed by atoms with Crippen molar-refractivity contribution >= 4 is 11.3 Å². The lowest BCUT2D eigenvalue weighted by atomic mass is 9.92. The van der Waals surface area contributed by atoms with E-state index in [1.807, 2.05) is 11.6 Å². The maximum absolute atomic E-state index is 9.46. The lowest BCUT2D eigenvalue weighted by molar-refractivity contribution is 0.114. The second-order valence-corrected chi connectivity index (χ2v) is 5.43. The van der Waals surface area contributed by atoms with E-state index in [0.717, 1.165) is 32.1 Å². The van der Waals surface area contributed by atoms with Crippen LogP contribution in [0, 0.1) is 0 Å². The number of hydrogen-bond donors (Lipinski definition) is 2. The Morgan fingerprint density at radius 1 is 1.50 bits per heavy atom. The zero-order chi connectivity index (χ0) is 11.4. The van der Waals surface area contributed by atoms with E-state index in [0.29, 0.717) is 12.1 Å². The van der Waals surface area contributed by atoms with Crippen LogP contribution in [0.1, 0.15) is 50.1 Å². The molecule has 1 aliphatic carbocycles. The molecule has 0 aliphatic heterocycles. The minimum absolute atomic E-state index is 0.0713. The summed E-state index contributed by atoms with van der Waals surface area (Å²) in [6.45, 7) is 2.19. The molecule has 0 spiro atoms. The monoisotopic (exact) mass is 240 g/mol. The normalized spacial score (nSPS) is 27.9. The van der Waals surface area contributed by atoms with Crippen LogP contribution in [0.2, 0.25) is 0 Å². The first kappa shape index (κ1) is 12.0. The summed E-state index contributed by atoms with van der Waals surface area (Å²) in [6.07, 6.45) is 6.92. The first-order valence-corrected chi connectivity index (χ1v) is 7.01. The highest BCUT2D eigenvalue weighted by atomic mass is 32.1. The second-order valence-electron chi connectivity index (χ2n) is 4.50. The number of thiazole rings is 1. The molecule has 2 rings (SSSR count). The zero-order valence-corrected chi connectivity index (χ0v) is 10.5. The molecule has 2 N–H and O–H groups in total. The molecule has 90 valence electrons. The van der Waals surface area contributed by atoms with Crippen LogP contribution in [-0.4, -0.2) is 22.2 Å². The Morgan fingerprint density at radius 2 is 2.25 bits per heavy atom. The summed E-state index contributed by atoms with van der Waals surface area (Å²) in [7, 11) is 0. The van der Waals surface area contributed by atoms with Crippen LogP contribution in [0.4, 0.5) is 0 Å². The number of aliphatic hydroxyl groups is 1. The van der Waals surface area contributed by atoms with Gasteiger partial charge in [0, 0.05) is 17.6 Å². The molecular weight excluding hydrogens is 220 g/mol. The van der Waals surface area contributed by atoms with E-state index >= 15 is 0 Å². The van der Waals surface area contributed by atoms with Gasteiger partial charge in [-0.25, -0.2) is 4.98 Å². The molecule has 1 saturated carbocycles. The molecule has 1 aromatic heterocycles. The van der Waals surface area contributed by atoms with Crippen molar-refractivity contribution in [3.8, 4) is 0 Å². The van der Waals surface area contributed by atoms with Gasteiger partial charge in [-0.2, -0.15) is 0 Å². The Labute approximate surface area is 101 Å². The Bertz CT molecular complexity index is 294. The van der Waals surface area contributed by atoms with Crippen LogP contribution < -0.4 is 5.32 Å². The summed E-state index contributed by atoms with van der Waals surface area (Å²) < 4.78 is 0. The lowest BCUT2D eigenvalue weighted by Gasteiger charge is -2.29. The molecule has 0 radical (unpaired) electrons. The maximum atomic E-state index is 9.46. The van der Waals surface area contributed by atoms with Crippen molar-refractivity contribution in [2.24, 2.45) is 0 Å². The molecule has 3 nitrogen and oxygen atoms in total. The van der Waals surface area contributed by atoms with Crippen molar-refractivity contribution < 1.29 is 5.11 Å². The Hall–Kier alpha value is -0.450. The zero-order valence-electron chi connectivity index (χ0n) is 9.72. The predicted octanol–water partition coefficient (Wildman–Crippen LogP) is 2.49. The first-order chi connectivity index (χ1) is 7.79. The molecule has 0 aromatic carbocycles.